The summed E-state index contributed by atoms with van der Waals surface area (Å²) in [6, 6.07) is 0. The van der Waals surface area contributed by atoms with Gasteiger partial charge in [0.2, 0.25) is 0 Å². The summed E-state index contributed by atoms with van der Waals surface area (Å²) in [6.45, 7) is 7.63. The lowest BCUT2D eigenvalue weighted by atomic mass is 9.97. The fourth-order valence-corrected chi connectivity index (χ4v) is 2.83. The fraction of sp³-hybridized carbons (Fsp3) is 0.882. The molecule has 0 bridgehead atoms. The highest BCUT2D eigenvalue weighted by atomic mass is 127. The summed E-state index contributed by atoms with van der Waals surface area (Å²) in [5.41, 5.74) is 0. The molecule has 0 aliphatic carbocycles. The largest absolute Gasteiger partial charge is 0.466 e. The van der Waals surface area contributed by atoms with Crippen LogP contribution in [-0.4, -0.2) is 88.9 Å². The maximum Gasteiger partial charge on any atom is 0.309 e. The molecule has 1 aliphatic heterocycles. The molecule has 0 unspecified atom stereocenters. The monoisotopic (exact) mass is 470 g/mol. The van der Waals surface area contributed by atoms with Crippen LogP contribution in [0.2, 0.25) is 0 Å². The maximum absolute atomic E-state index is 11.8. The summed E-state index contributed by atoms with van der Waals surface area (Å²) in [5.74, 6) is 0.907. The second-order valence-corrected chi connectivity index (χ2v) is 6.14. The molecule has 0 amide bonds. The number of ether oxygens (including phenoxy) is 2. The predicted molar refractivity (Wildman–Crippen MR) is 112 cm³/mol. The SMILES string of the molecule is CCOC(=O)C1CCN(C(=NC)NCCCN(C)CCOC)CC1.I. The molecule has 0 aromatic carbocycles. The van der Waals surface area contributed by atoms with Gasteiger partial charge in [0.1, 0.15) is 0 Å². The highest BCUT2D eigenvalue weighted by molar-refractivity contribution is 14.0. The van der Waals surface area contributed by atoms with Gasteiger partial charge in [0.15, 0.2) is 5.96 Å². The molecule has 1 saturated heterocycles. The summed E-state index contributed by atoms with van der Waals surface area (Å²) >= 11 is 0. The summed E-state index contributed by atoms with van der Waals surface area (Å²) in [7, 11) is 5.64. The van der Waals surface area contributed by atoms with Gasteiger partial charge < -0.3 is 24.6 Å². The molecule has 0 aromatic rings. The van der Waals surface area contributed by atoms with Crippen LogP contribution in [0, 0.1) is 5.92 Å². The van der Waals surface area contributed by atoms with Gasteiger partial charge in [-0.3, -0.25) is 9.79 Å². The van der Waals surface area contributed by atoms with Gasteiger partial charge in [-0.05, 0) is 39.8 Å². The van der Waals surface area contributed by atoms with E-state index in [-0.39, 0.29) is 35.9 Å². The third-order valence-corrected chi connectivity index (χ3v) is 4.30. The first-order chi connectivity index (χ1) is 11.6. The smallest absolute Gasteiger partial charge is 0.309 e. The van der Waals surface area contributed by atoms with Crippen LogP contribution >= 0.6 is 24.0 Å². The zero-order valence-corrected chi connectivity index (χ0v) is 18.5. The third-order valence-electron chi connectivity index (χ3n) is 4.30. The molecule has 7 nitrogen and oxygen atoms in total. The molecule has 1 heterocycles. The van der Waals surface area contributed by atoms with Crippen LogP contribution in [0.25, 0.3) is 0 Å². The number of aliphatic imine (C=N–C) groups is 1. The Bertz CT molecular complexity index is 388. The number of nitrogens with zero attached hydrogens (tertiary/aromatic N) is 3. The van der Waals surface area contributed by atoms with E-state index in [2.05, 4.69) is 27.2 Å². The molecule has 0 atom stereocenters. The fourth-order valence-electron chi connectivity index (χ4n) is 2.83. The minimum absolute atomic E-state index is 0. The molecule has 1 aliphatic rings. The van der Waals surface area contributed by atoms with Crippen LogP contribution in [0.1, 0.15) is 26.2 Å². The van der Waals surface area contributed by atoms with Crippen LogP contribution in [0.3, 0.4) is 0 Å². The predicted octanol–water partition coefficient (Wildman–Crippen LogP) is 1.42. The molecule has 0 radical (unpaired) electrons. The van der Waals surface area contributed by atoms with Crippen LogP contribution in [0.15, 0.2) is 4.99 Å². The van der Waals surface area contributed by atoms with E-state index in [1.165, 1.54) is 0 Å². The molecular weight excluding hydrogens is 435 g/mol. The number of guanidine groups is 1. The van der Waals surface area contributed by atoms with Crippen molar-refractivity contribution in [2.24, 2.45) is 10.9 Å². The number of rotatable bonds is 9. The zero-order chi connectivity index (χ0) is 17.8. The van der Waals surface area contributed by atoms with Gasteiger partial charge >= 0.3 is 5.97 Å². The number of piperidine rings is 1. The normalized spacial score (nSPS) is 15.9. The Morgan fingerprint density at radius 1 is 1.32 bits per heavy atom. The Balaban J connectivity index is 0.00000576. The van der Waals surface area contributed by atoms with Gasteiger partial charge in [-0.1, -0.05) is 0 Å². The number of carbonyl (C=O) groups is 1. The van der Waals surface area contributed by atoms with Crippen molar-refractivity contribution in [2.75, 3.05) is 67.1 Å². The summed E-state index contributed by atoms with van der Waals surface area (Å²) in [6.07, 6.45) is 2.72. The molecule has 0 saturated carbocycles. The van der Waals surface area contributed by atoms with E-state index in [0.29, 0.717) is 6.61 Å². The van der Waals surface area contributed by atoms with Gasteiger partial charge in [-0.25, -0.2) is 0 Å². The Labute approximate surface area is 169 Å². The third kappa shape index (κ3) is 9.60. The van der Waals surface area contributed by atoms with Crippen molar-refractivity contribution in [1.82, 2.24) is 15.1 Å². The van der Waals surface area contributed by atoms with E-state index < -0.39 is 0 Å². The summed E-state index contributed by atoms with van der Waals surface area (Å²) in [4.78, 5) is 20.6. The molecule has 1 N–H and O–H groups in total. The van der Waals surface area contributed by atoms with Gasteiger partial charge in [0.25, 0.3) is 0 Å². The zero-order valence-electron chi connectivity index (χ0n) is 16.1. The lowest BCUT2D eigenvalue weighted by Gasteiger charge is -2.33. The Morgan fingerprint density at radius 2 is 2.00 bits per heavy atom. The molecule has 1 rings (SSSR count). The number of likely N-dealkylation sites (N-methyl/N-ethyl adjacent to an activating group) is 1. The second-order valence-electron chi connectivity index (χ2n) is 6.14. The number of halogens is 1. The topological polar surface area (TPSA) is 66.4 Å². The Morgan fingerprint density at radius 3 is 2.56 bits per heavy atom. The lowest BCUT2D eigenvalue weighted by molar-refractivity contribution is -0.149. The van der Waals surface area contributed by atoms with Crippen molar-refractivity contribution >= 4 is 35.9 Å². The van der Waals surface area contributed by atoms with Crippen molar-refractivity contribution in [1.29, 1.82) is 0 Å². The minimum Gasteiger partial charge on any atom is -0.466 e. The van der Waals surface area contributed by atoms with E-state index in [0.717, 1.165) is 64.6 Å². The van der Waals surface area contributed by atoms with Crippen molar-refractivity contribution in [3.05, 3.63) is 0 Å². The van der Waals surface area contributed by atoms with E-state index in [9.17, 15) is 4.79 Å². The van der Waals surface area contributed by atoms with E-state index >= 15 is 0 Å². The molecule has 0 aromatic heterocycles. The number of carbonyl (C=O) groups excluding carboxylic acids is 1. The number of hydrogen-bond acceptors (Lipinski definition) is 5. The average molecular weight is 470 g/mol. The lowest BCUT2D eigenvalue weighted by Crippen LogP contribution is -2.47. The van der Waals surface area contributed by atoms with E-state index in [1.54, 1.807) is 7.11 Å². The van der Waals surface area contributed by atoms with Crippen LogP contribution < -0.4 is 5.32 Å². The van der Waals surface area contributed by atoms with Crippen molar-refractivity contribution in [2.45, 2.75) is 26.2 Å². The van der Waals surface area contributed by atoms with Gasteiger partial charge in [0, 0.05) is 40.3 Å². The Hall–Kier alpha value is -0.610. The first-order valence-electron chi connectivity index (χ1n) is 8.92. The average Bonchev–Trinajstić information content (AvgIpc) is 2.60. The van der Waals surface area contributed by atoms with Crippen molar-refractivity contribution in [3.8, 4) is 0 Å². The number of nitrogens with one attached hydrogen (secondary N) is 1. The van der Waals surface area contributed by atoms with Gasteiger partial charge in [-0.2, -0.15) is 0 Å². The first-order valence-corrected chi connectivity index (χ1v) is 8.92. The highest BCUT2D eigenvalue weighted by Gasteiger charge is 2.27. The summed E-state index contributed by atoms with van der Waals surface area (Å²) in [5, 5.41) is 3.42. The number of hydrogen-bond donors (Lipinski definition) is 1. The van der Waals surface area contributed by atoms with Crippen LogP contribution in [-0.2, 0) is 14.3 Å². The van der Waals surface area contributed by atoms with Gasteiger partial charge in [-0.15, -0.1) is 24.0 Å². The van der Waals surface area contributed by atoms with E-state index in [4.69, 9.17) is 9.47 Å². The van der Waals surface area contributed by atoms with Crippen LogP contribution in [0.5, 0.6) is 0 Å². The standard InChI is InChI=1S/C17H34N4O3.HI/c1-5-24-16(22)15-7-11-21(12-8-15)17(18-2)19-9-6-10-20(3)13-14-23-4;/h15H,5-14H2,1-4H3,(H,18,19);1H. The molecule has 25 heavy (non-hydrogen) atoms. The minimum atomic E-state index is -0.0563. The number of esters is 1. The van der Waals surface area contributed by atoms with Crippen LogP contribution in [0.4, 0.5) is 0 Å². The quantitative estimate of drug-likeness (QED) is 0.181. The van der Waals surface area contributed by atoms with Crippen molar-refractivity contribution < 1.29 is 14.3 Å². The molecule has 148 valence electrons. The molecule has 0 spiro atoms. The van der Waals surface area contributed by atoms with E-state index in [1.807, 2.05) is 14.0 Å². The molecular formula is C17H35IN4O3. The molecule has 1 fully saturated rings. The van der Waals surface area contributed by atoms with Gasteiger partial charge in [0.05, 0.1) is 19.1 Å². The second kappa shape index (κ2) is 14.5. The Kier molecular flexibility index (Phi) is 14.2. The number of methoxy groups -OCH3 is 1. The highest BCUT2D eigenvalue weighted by Crippen LogP contribution is 2.18. The van der Waals surface area contributed by atoms with Crippen molar-refractivity contribution in [3.63, 3.8) is 0 Å². The maximum atomic E-state index is 11.8. The summed E-state index contributed by atoms with van der Waals surface area (Å²) < 4.78 is 10.2. The number of likely N-dealkylation sites (tertiary alicyclic amines) is 1. The first kappa shape index (κ1) is 24.4. The molecule has 8 heteroatoms.